The maximum absolute atomic E-state index is 4.46. The summed E-state index contributed by atoms with van der Waals surface area (Å²) in [4.78, 5) is 8.65. The summed E-state index contributed by atoms with van der Waals surface area (Å²) < 4.78 is 2.07. The van der Waals surface area contributed by atoms with Crippen LogP contribution in [0.2, 0.25) is 0 Å². The maximum atomic E-state index is 4.46. The van der Waals surface area contributed by atoms with Gasteiger partial charge < -0.3 is 4.57 Å². The topological polar surface area (TPSA) is 30.7 Å². The normalized spacial score (nSPS) is 10.8. The van der Waals surface area contributed by atoms with Gasteiger partial charge in [-0.15, -0.1) is 0 Å². The smallest absolute Gasteiger partial charge is 0.148 e. The Bertz CT molecular complexity index is 626. The van der Waals surface area contributed by atoms with Gasteiger partial charge in [0.1, 0.15) is 11.5 Å². The predicted molar refractivity (Wildman–Crippen MR) is 63.6 cm³/mol. The van der Waals surface area contributed by atoms with E-state index in [2.05, 4.69) is 26.7 Å². The number of para-hydroxylation sites is 1. The fourth-order valence-corrected chi connectivity index (χ4v) is 1.80. The van der Waals surface area contributed by atoms with Crippen LogP contribution in [-0.2, 0) is 0 Å². The number of rotatable bonds is 1. The van der Waals surface area contributed by atoms with Gasteiger partial charge in [-0.25, -0.2) is 9.97 Å². The molecule has 78 valence electrons. The minimum atomic E-state index is 0.795. The molecule has 0 atom stereocenters. The first kappa shape index (κ1) is 9.09. The van der Waals surface area contributed by atoms with E-state index in [0.717, 1.165) is 22.5 Å². The molecule has 0 radical (unpaired) electrons. The zero-order valence-corrected chi connectivity index (χ0v) is 8.96. The van der Waals surface area contributed by atoms with Gasteiger partial charge in [0.25, 0.3) is 0 Å². The van der Waals surface area contributed by atoms with Crippen LogP contribution in [0.5, 0.6) is 0 Å². The zero-order chi connectivity index (χ0) is 11.0. The average Bonchev–Trinajstić information content (AvgIpc) is 2.73. The molecule has 1 aromatic carbocycles. The molecule has 3 nitrogen and oxygen atoms in total. The highest BCUT2D eigenvalue weighted by atomic mass is 15.1. The summed E-state index contributed by atoms with van der Waals surface area (Å²) in [6, 6.07) is 12.2. The fraction of sp³-hybridized carbons (Fsp3) is 0.0769. The van der Waals surface area contributed by atoms with Gasteiger partial charge in [-0.2, -0.15) is 0 Å². The Morgan fingerprint density at radius 1 is 1.06 bits per heavy atom. The Balaban J connectivity index is 2.29. The number of aromatic nitrogens is 3. The van der Waals surface area contributed by atoms with Gasteiger partial charge in [-0.3, -0.25) is 0 Å². The van der Waals surface area contributed by atoms with E-state index in [1.165, 1.54) is 0 Å². The zero-order valence-electron chi connectivity index (χ0n) is 8.96. The van der Waals surface area contributed by atoms with Gasteiger partial charge in [0.05, 0.1) is 0 Å². The Hall–Kier alpha value is -2.16. The van der Waals surface area contributed by atoms with Gasteiger partial charge in [-0.05, 0) is 25.1 Å². The van der Waals surface area contributed by atoms with E-state index in [-0.39, 0.29) is 0 Å². The number of fused-ring (bicyclic) bond motifs is 1. The second-order valence-electron chi connectivity index (χ2n) is 3.72. The maximum Gasteiger partial charge on any atom is 0.148 e. The summed E-state index contributed by atoms with van der Waals surface area (Å²) in [5.74, 6) is 0.795. The van der Waals surface area contributed by atoms with E-state index in [1.807, 2.05) is 43.6 Å². The molecule has 0 fully saturated rings. The number of hydrogen-bond donors (Lipinski definition) is 0. The molecule has 16 heavy (non-hydrogen) atoms. The van der Waals surface area contributed by atoms with Crippen molar-refractivity contribution in [3.05, 3.63) is 54.6 Å². The standard InChI is InChI=1S/C13H11N3/c1-10-14-9-11-7-8-16(13(11)15-10)12-5-3-2-4-6-12/h2-9H,1H3. The summed E-state index contributed by atoms with van der Waals surface area (Å²) in [7, 11) is 0. The quantitative estimate of drug-likeness (QED) is 0.617. The second-order valence-corrected chi connectivity index (χ2v) is 3.72. The molecule has 3 heteroatoms. The van der Waals surface area contributed by atoms with Gasteiger partial charge in [-0.1, -0.05) is 18.2 Å². The van der Waals surface area contributed by atoms with Gasteiger partial charge in [0.2, 0.25) is 0 Å². The van der Waals surface area contributed by atoms with Crippen LogP contribution < -0.4 is 0 Å². The molecule has 3 aromatic rings. The minimum Gasteiger partial charge on any atom is -0.301 e. The van der Waals surface area contributed by atoms with E-state index in [9.17, 15) is 0 Å². The first-order valence-corrected chi connectivity index (χ1v) is 5.21. The molecular formula is C13H11N3. The number of nitrogens with zero attached hydrogens (tertiary/aromatic N) is 3. The second kappa shape index (κ2) is 3.45. The van der Waals surface area contributed by atoms with Crippen molar-refractivity contribution in [2.75, 3.05) is 0 Å². The van der Waals surface area contributed by atoms with Crippen molar-refractivity contribution < 1.29 is 0 Å². The molecule has 0 aliphatic carbocycles. The van der Waals surface area contributed by atoms with Crippen molar-refractivity contribution in [3.63, 3.8) is 0 Å². The third-order valence-electron chi connectivity index (χ3n) is 2.58. The van der Waals surface area contributed by atoms with Crippen molar-refractivity contribution in [2.24, 2.45) is 0 Å². The van der Waals surface area contributed by atoms with Gasteiger partial charge in [0, 0.05) is 23.5 Å². The summed E-state index contributed by atoms with van der Waals surface area (Å²) in [5.41, 5.74) is 2.08. The SMILES string of the molecule is Cc1ncc2ccn(-c3ccccc3)c2n1. The first-order valence-electron chi connectivity index (χ1n) is 5.21. The molecular weight excluding hydrogens is 198 g/mol. The van der Waals surface area contributed by atoms with Crippen LogP contribution in [0.25, 0.3) is 16.7 Å². The first-order chi connectivity index (χ1) is 7.84. The summed E-state index contributed by atoms with van der Waals surface area (Å²) in [5, 5.41) is 1.06. The third kappa shape index (κ3) is 1.37. The highest BCUT2D eigenvalue weighted by Crippen LogP contribution is 2.17. The highest BCUT2D eigenvalue weighted by molar-refractivity contribution is 5.77. The van der Waals surface area contributed by atoms with E-state index < -0.39 is 0 Å². The Labute approximate surface area is 93.4 Å². The largest absolute Gasteiger partial charge is 0.301 e. The fourth-order valence-electron chi connectivity index (χ4n) is 1.80. The molecule has 0 saturated heterocycles. The van der Waals surface area contributed by atoms with Crippen LogP contribution in [0.4, 0.5) is 0 Å². The van der Waals surface area contributed by atoms with E-state index in [1.54, 1.807) is 0 Å². The van der Waals surface area contributed by atoms with Crippen molar-refractivity contribution in [1.29, 1.82) is 0 Å². The lowest BCUT2D eigenvalue weighted by molar-refractivity contribution is 1.03. The number of hydrogen-bond acceptors (Lipinski definition) is 2. The van der Waals surface area contributed by atoms with Crippen LogP contribution in [0.1, 0.15) is 5.82 Å². The summed E-state index contributed by atoms with van der Waals surface area (Å²) in [6.07, 6.45) is 3.88. The molecule has 2 heterocycles. The van der Waals surface area contributed by atoms with Crippen LogP contribution in [0, 0.1) is 6.92 Å². The lowest BCUT2D eigenvalue weighted by atomic mass is 10.3. The van der Waals surface area contributed by atoms with Crippen LogP contribution >= 0.6 is 0 Å². The third-order valence-corrected chi connectivity index (χ3v) is 2.58. The Kier molecular flexibility index (Phi) is 1.96. The highest BCUT2D eigenvalue weighted by Gasteiger charge is 2.04. The van der Waals surface area contributed by atoms with Crippen LogP contribution in [0.15, 0.2) is 48.8 Å². The molecule has 0 unspecified atom stereocenters. The number of aryl methyl sites for hydroxylation is 1. The molecule has 0 saturated carbocycles. The van der Waals surface area contributed by atoms with Crippen molar-refractivity contribution in [3.8, 4) is 5.69 Å². The molecule has 0 N–H and O–H groups in total. The Morgan fingerprint density at radius 3 is 2.69 bits per heavy atom. The average molecular weight is 209 g/mol. The van der Waals surface area contributed by atoms with E-state index in [0.29, 0.717) is 0 Å². The van der Waals surface area contributed by atoms with Crippen LogP contribution in [-0.4, -0.2) is 14.5 Å². The molecule has 0 bridgehead atoms. The Morgan fingerprint density at radius 2 is 1.88 bits per heavy atom. The van der Waals surface area contributed by atoms with Crippen LogP contribution in [0.3, 0.4) is 0 Å². The van der Waals surface area contributed by atoms with Gasteiger partial charge >= 0.3 is 0 Å². The summed E-state index contributed by atoms with van der Waals surface area (Å²) in [6.45, 7) is 1.90. The number of benzene rings is 1. The summed E-state index contributed by atoms with van der Waals surface area (Å²) >= 11 is 0. The van der Waals surface area contributed by atoms with Crippen molar-refractivity contribution >= 4 is 11.0 Å². The molecule has 3 rings (SSSR count). The molecule has 0 spiro atoms. The molecule has 0 amide bonds. The van der Waals surface area contributed by atoms with E-state index in [4.69, 9.17) is 0 Å². The van der Waals surface area contributed by atoms with E-state index >= 15 is 0 Å². The lowest BCUT2D eigenvalue weighted by Crippen LogP contribution is -1.95. The lowest BCUT2D eigenvalue weighted by Gasteiger charge is -2.04. The monoisotopic (exact) mass is 209 g/mol. The predicted octanol–water partition coefficient (Wildman–Crippen LogP) is 2.73. The van der Waals surface area contributed by atoms with Crippen molar-refractivity contribution in [1.82, 2.24) is 14.5 Å². The van der Waals surface area contributed by atoms with Gasteiger partial charge in [0.15, 0.2) is 0 Å². The van der Waals surface area contributed by atoms with Crippen molar-refractivity contribution in [2.45, 2.75) is 6.92 Å². The molecule has 0 aliphatic heterocycles. The molecule has 0 aliphatic rings. The molecule has 2 aromatic heterocycles. The minimum absolute atomic E-state index is 0.795.